The second-order valence-corrected chi connectivity index (χ2v) is 5.21. The number of anilines is 1. The molecule has 1 amide bonds. The molecule has 1 heterocycles. The fourth-order valence-electron chi connectivity index (χ4n) is 1.39. The summed E-state index contributed by atoms with van der Waals surface area (Å²) >= 11 is 7.17. The molecule has 18 heavy (non-hydrogen) atoms. The monoisotopic (exact) mass is 281 g/mol. The first-order valence-electron chi connectivity index (χ1n) is 5.58. The van der Waals surface area contributed by atoms with Gasteiger partial charge in [0.2, 0.25) is 5.13 Å². The zero-order valence-corrected chi connectivity index (χ0v) is 11.4. The van der Waals surface area contributed by atoms with Crippen LogP contribution in [0.4, 0.5) is 5.13 Å². The Kier molecular flexibility index (Phi) is 4.28. The molecule has 0 saturated heterocycles. The summed E-state index contributed by atoms with van der Waals surface area (Å²) in [6.07, 6.45) is 1.90. The minimum absolute atomic E-state index is 0.203. The molecule has 0 fully saturated rings. The summed E-state index contributed by atoms with van der Waals surface area (Å²) in [6.45, 7) is 2.08. The normalized spacial score (nSPS) is 10.3. The van der Waals surface area contributed by atoms with Crippen molar-refractivity contribution in [1.82, 2.24) is 10.2 Å². The van der Waals surface area contributed by atoms with Crippen molar-refractivity contribution in [2.24, 2.45) is 0 Å². The van der Waals surface area contributed by atoms with Gasteiger partial charge in [0.05, 0.1) is 0 Å². The average molecular weight is 282 g/mol. The molecule has 2 aromatic rings. The summed E-state index contributed by atoms with van der Waals surface area (Å²) in [5.41, 5.74) is 0.548. The molecule has 0 saturated carbocycles. The van der Waals surface area contributed by atoms with Crippen LogP contribution in [0.25, 0.3) is 0 Å². The van der Waals surface area contributed by atoms with Crippen LogP contribution in [0, 0.1) is 0 Å². The number of rotatable bonds is 4. The predicted molar refractivity (Wildman–Crippen MR) is 73.3 cm³/mol. The Morgan fingerprint density at radius 3 is 2.72 bits per heavy atom. The molecule has 1 aromatic carbocycles. The fraction of sp³-hybridized carbons (Fsp3) is 0.250. The smallest absolute Gasteiger partial charge is 0.257 e. The van der Waals surface area contributed by atoms with E-state index < -0.39 is 0 Å². The summed E-state index contributed by atoms with van der Waals surface area (Å²) in [6, 6.07) is 6.70. The van der Waals surface area contributed by atoms with Gasteiger partial charge in [-0.3, -0.25) is 10.1 Å². The number of benzene rings is 1. The quantitative estimate of drug-likeness (QED) is 0.934. The molecule has 0 aliphatic carbocycles. The molecule has 0 radical (unpaired) electrons. The second kappa shape index (κ2) is 5.93. The standard InChI is InChI=1S/C12H12ClN3OS/c1-2-3-10-15-16-12(18-10)14-11(17)8-4-6-9(13)7-5-8/h4-7H,2-3H2,1H3,(H,14,16,17). The van der Waals surface area contributed by atoms with Crippen molar-refractivity contribution in [1.29, 1.82) is 0 Å². The third kappa shape index (κ3) is 3.27. The van der Waals surface area contributed by atoms with Gasteiger partial charge in [-0.2, -0.15) is 0 Å². The average Bonchev–Trinajstić information content (AvgIpc) is 2.78. The van der Waals surface area contributed by atoms with Crippen LogP contribution >= 0.6 is 22.9 Å². The highest BCUT2D eigenvalue weighted by Crippen LogP contribution is 2.18. The maximum absolute atomic E-state index is 11.9. The van der Waals surface area contributed by atoms with E-state index in [1.54, 1.807) is 24.3 Å². The van der Waals surface area contributed by atoms with Gasteiger partial charge in [-0.05, 0) is 30.7 Å². The van der Waals surface area contributed by atoms with Crippen LogP contribution in [0.15, 0.2) is 24.3 Å². The van der Waals surface area contributed by atoms with E-state index in [1.807, 2.05) is 0 Å². The molecular weight excluding hydrogens is 270 g/mol. The Hall–Kier alpha value is -1.46. The third-order valence-electron chi connectivity index (χ3n) is 2.26. The molecule has 0 bridgehead atoms. The van der Waals surface area contributed by atoms with E-state index >= 15 is 0 Å². The predicted octanol–water partition coefficient (Wildman–Crippen LogP) is 3.40. The lowest BCUT2D eigenvalue weighted by atomic mass is 10.2. The first kappa shape index (κ1) is 13.0. The molecule has 2 rings (SSSR count). The molecule has 0 spiro atoms. The van der Waals surface area contributed by atoms with Crippen molar-refractivity contribution < 1.29 is 4.79 Å². The van der Waals surface area contributed by atoms with E-state index in [9.17, 15) is 4.79 Å². The number of halogens is 1. The Bertz CT molecular complexity index is 539. The van der Waals surface area contributed by atoms with Gasteiger partial charge < -0.3 is 0 Å². The van der Waals surface area contributed by atoms with E-state index in [-0.39, 0.29) is 5.91 Å². The number of carbonyl (C=O) groups excluding carboxylic acids is 1. The van der Waals surface area contributed by atoms with Crippen molar-refractivity contribution in [2.75, 3.05) is 5.32 Å². The minimum atomic E-state index is -0.203. The largest absolute Gasteiger partial charge is 0.296 e. The second-order valence-electron chi connectivity index (χ2n) is 3.71. The lowest BCUT2D eigenvalue weighted by Gasteiger charge is -2.00. The topological polar surface area (TPSA) is 54.9 Å². The number of hydrogen-bond donors (Lipinski definition) is 1. The molecule has 0 aliphatic heterocycles. The summed E-state index contributed by atoms with van der Waals surface area (Å²) < 4.78 is 0. The number of nitrogens with one attached hydrogen (secondary N) is 1. The molecule has 0 atom stereocenters. The van der Waals surface area contributed by atoms with Crippen molar-refractivity contribution in [3.63, 3.8) is 0 Å². The van der Waals surface area contributed by atoms with Gasteiger partial charge in [0.15, 0.2) is 0 Å². The SMILES string of the molecule is CCCc1nnc(NC(=O)c2ccc(Cl)cc2)s1. The minimum Gasteiger partial charge on any atom is -0.296 e. The summed E-state index contributed by atoms with van der Waals surface area (Å²) in [5.74, 6) is -0.203. The number of carbonyl (C=O) groups is 1. The van der Waals surface area contributed by atoms with Gasteiger partial charge in [0.1, 0.15) is 5.01 Å². The first-order valence-corrected chi connectivity index (χ1v) is 6.78. The van der Waals surface area contributed by atoms with Gasteiger partial charge >= 0.3 is 0 Å². The molecule has 1 aromatic heterocycles. The first-order chi connectivity index (χ1) is 8.69. The highest BCUT2D eigenvalue weighted by Gasteiger charge is 2.09. The van der Waals surface area contributed by atoms with Gasteiger partial charge in [-0.25, -0.2) is 0 Å². The van der Waals surface area contributed by atoms with Crippen LogP contribution in [0.1, 0.15) is 28.7 Å². The van der Waals surface area contributed by atoms with Crippen LogP contribution < -0.4 is 5.32 Å². The van der Waals surface area contributed by atoms with Crippen molar-refractivity contribution in [3.8, 4) is 0 Å². The number of aromatic nitrogens is 2. The number of aryl methyl sites for hydroxylation is 1. The highest BCUT2D eigenvalue weighted by atomic mass is 35.5. The highest BCUT2D eigenvalue weighted by molar-refractivity contribution is 7.15. The summed E-state index contributed by atoms with van der Waals surface area (Å²) in [4.78, 5) is 11.9. The van der Waals surface area contributed by atoms with E-state index in [2.05, 4.69) is 22.4 Å². The van der Waals surface area contributed by atoms with Crippen LogP contribution in [-0.4, -0.2) is 16.1 Å². The fourth-order valence-corrected chi connectivity index (χ4v) is 2.35. The zero-order valence-electron chi connectivity index (χ0n) is 9.81. The van der Waals surface area contributed by atoms with Crippen LogP contribution in [-0.2, 0) is 6.42 Å². The number of amides is 1. The van der Waals surface area contributed by atoms with E-state index in [1.165, 1.54) is 11.3 Å². The zero-order chi connectivity index (χ0) is 13.0. The van der Waals surface area contributed by atoms with Gasteiger partial charge in [-0.1, -0.05) is 29.9 Å². The molecule has 1 N–H and O–H groups in total. The van der Waals surface area contributed by atoms with Gasteiger partial charge in [0, 0.05) is 17.0 Å². The van der Waals surface area contributed by atoms with Gasteiger partial charge in [0.25, 0.3) is 5.91 Å². The Morgan fingerprint density at radius 1 is 1.33 bits per heavy atom. The maximum atomic E-state index is 11.9. The van der Waals surface area contributed by atoms with Crippen molar-refractivity contribution >= 4 is 34.0 Å². The number of hydrogen-bond acceptors (Lipinski definition) is 4. The lowest BCUT2D eigenvalue weighted by molar-refractivity contribution is 0.102. The molecule has 0 unspecified atom stereocenters. The Balaban J connectivity index is 2.04. The molecule has 6 heteroatoms. The lowest BCUT2D eigenvalue weighted by Crippen LogP contribution is -2.11. The van der Waals surface area contributed by atoms with Gasteiger partial charge in [-0.15, -0.1) is 10.2 Å². The molecule has 4 nitrogen and oxygen atoms in total. The van der Waals surface area contributed by atoms with E-state index in [4.69, 9.17) is 11.6 Å². The van der Waals surface area contributed by atoms with E-state index in [0.29, 0.717) is 15.7 Å². The molecular formula is C12H12ClN3OS. The Labute approximate surface area is 114 Å². The van der Waals surface area contributed by atoms with Crippen LogP contribution in [0.2, 0.25) is 5.02 Å². The maximum Gasteiger partial charge on any atom is 0.257 e. The van der Waals surface area contributed by atoms with Crippen molar-refractivity contribution in [3.05, 3.63) is 39.9 Å². The van der Waals surface area contributed by atoms with Crippen LogP contribution in [0.5, 0.6) is 0 Å². The summed E-state index contributed by atoms with van der Waals surface area (Å²) in [7, 11) is 0. The molecule has 94 valence electrons. The summed E-state index contributed by atoms with van der Waals surface area (Å²) in [5, 5.41) is 12.7. The van der Waals surface area contributed by atoms with Crippen molar-refractivity contribution in [2.45, 2.75) is 19.8 Å². The van der Waals surface area contributed by atoms with E-state index in [0.717, 1.165) is 17.8 Å². The Morgan fingerprint density at radius 2 is 2.06 bits per heavy atom. The van der Waals surface area contributed by atoms with Crippen LogP contribution in [0.3, 0.4) is 0 Å². The number of nitrogens with zero attached hydrogens (tertiary/aromatic N) is 2. The third-order valence-corrected chi connectivity index (χ3v) is 3.41. The molecule has 0 aliphatic rings.